The lowest BCUT2D eigenvalue weighted by Crippen LogP contribution is -2.16. The number of nitrogens with zero attached hydrogens (tertiary/aromatic N) is 3. The van der Waals surface area contributed by atoms with Crippen LogP contribution in [-0.4, -0.2) is 29.8 Å². The van der Waals surface area contributed by atoms with Crippen molar-refractivity contribution < 1.29 is 22.6 Å². The number of aromatic nitrogens is 2. The van der Waals surface area contributed by atoms with Gasteiger partial charge in [0.15, 0.2) is 17.0 Å². The summed E-state index contributed by atoms with van der Waals surface area (Å²) in [6.45, 7) is 5.45. The monoisotopic (exact) mass is 447 g/mol. The Balaban J connectivity index is 1.91. The number of hydrogen-bond donors (Lipinski definition) is 2. The van der Waals surface area contributed by atoms with Crippen LogP contribution in [0.3, 0.4) is 0 Å². The van der Waals surface area contributed by atoms with Gasteiger partial charge in [0.2, 0.25) is 5.95 Å². The number of benzene rings is 2. The number of halogens is 3. The Bertz CT molecular complexity index is 1240. The van der Waals surface area contributed by atoms with Crippen LogP contribution in [0.15, 0.2) is 35.3 Å². The third kappa shape index (κ3) is 4.04. The van der Waals surface area contributed by atoms with E-state index in [1.165, 1.54) is 6.07 Å². The largest absolute Gasteiger partial charge is 0.493 e. The highest BCUT2D eigenvalue weighted by Crippen LogP contribution is 2.34. The van der Waals surface area contributed by atoms with Crippen molar-refractivity contribution in [3.8, 4) is 11.5 Å². The Morgan fingerprint density at radius 3 is 2.69 bits per heavy atom. The standard InChI is InChI=1S/C22H24F3N5O2/c1-4-32-19-10-16-17(11-18(19)31-3)30-6-5-27-21(30)29-20(16)28-12(2)13-7-14(22(23,24)25)9-15(26)8-13/h7-12H,4-6,26H2,1-3H3,(H,27,28,29)/t12-/m1/s1. The number of hydrogen-bond acceptors (Lipinski definition) is 6. The van der Waals surface area contributed by atoms with Crippen molar-refractivity contribution in [2.24, 2.45) is 4.99 Å². The molecule has 3 N–H and O–H groups in total. The van der Waals surface area contributed by atoms with Crippen molar-refractivity contribution >= 4 is 22.5 Å². The van der Waals surface area contributed by atoms with Gasteiger partial charge in [0.25, 0.3) is 0 Å². The highest BCUT2D eigenvalue weighted by atomic mass is 19.4. The SMILES string of the molecule is CCOc1cc2c(=N[C@H](C)c3cc(N)cc(C(F)(F)F)c3)nc3n(c2cc1OC)CCN3. The van der Waals surface area contributed by atoms with E-state index in [2.05, 4.69) is 15.3 Å². The summed E-state index contributed by atoms with van der Waals surface area (Å²) in [5.41, 5.74) is 6.56. The number of anilines is 2. The summed E-state index contributed by atoms with van der Waals surface area (Å²) in [4.78, 5) is 9.30. The lowest BCUT2D eigenvalue weighted by atomic mass is 10.0. The molecule has 1 aliphatic rings. The molecule has 4 rings (SSSR count). The van der Waals surface area contributed by atoms with E-state index in [9.17, 15) is 13.2 Å². The first-order valence-electron chi connectivity index (χ1n) is 10.2. The van der Waals surface area contributed by atoms with Crippen molar-refractivity contribution in [2.45, 2.75) is 32.6 Å². The predicted molar refractivity (Wildman–Crippen MR) is 116 cm³/mol. The smallest absolute Gasteiger partial charge is 0.416 e. The maximum atomic E-state index is 13.2. The molecule has 0 radical (unpaired) electrons. The van der Waals surface area contributed by atoms with Crippen LogP contribution in [0.4, 0.5) is 24.8 Å². The summed E-state index contributed by atoms with van der Waals surface area (Å²) in [6.07, 6.45) is -4.49. The first-order valence-corrected chi connectivity index (χ1v) is 10.2. The molecule has 32 heavy (non-hydrogen) atoms. The van der Waals surface area contributed by atoms with E-state index >= 15 is 0 Å². The highest BCUT2D eigenvalue weighted by molar-refractivity contribution is 5.83. The van der Waals surface area contributed by atoms with Crippen molar-refractivity contribution in [3.05, 3.63) is 46.9 Å². The molecule has 0 fully saturated rings. The van der Waals surface area contributed by atoms with Crippen LogP contribution in [-0.2, 0) is 12.7 Å². The highest BCUT2D eigenvalue weighted by Gasteiger charge is 2.31. The van der Waals surface area contributed by atoms with E-state index in [4.69, 9.17) is 15.2 Å². The zero-order valence-electron chi connectivity index (χ0n) is 18.0. The molecule has 3 aromatic rings. The molecule has 0 saturated carbocycles. The third-order valence-corrected chi connectivity index (χ3v) is 5.30. The fourth-order valence-electron chi connectivity index (χ4n) is 3.79. The maximum absolute atomic E-state index is 13.2. The van der Waals surface area contributed by atoms with Crippen molar-refractivity contribution in [1.29, 1.82) is 0 Å². The molecule has 0 spiro atoms. The molecule has 2 aromatic carbocycles. The lowest BCUT2D eigenvalue weighted by molar-refractivity contribution is -0.137. The van der Waals surface area contributed by atoms with Gasteiger partial charge >= 0.3 is 6.18 Å². The second-order valence-corrected chi connectivity index (χ2v) is 7.48. The summed E-state index contributed by atoms with van der Waals surface area (Å²) >= 11 is 0. The number of fused-ring (bicyclic) bond motifs is 3. The van der Waals surface area contributed by atoms with Gasteiger partial charge in [-0.2, -0.15) is 18.2 Å². The Hall–Kier alpha value is -3.43. The van der Waals surface area contributed by atoms with Crippen LogP contribution in [0.25, 0.3) is 10.9 Å². The summed E-state index contributed by atoms with van der Waals surface area (Å²) < 4.78 is 53.0. The Morgan fingerprint density at radius 2 is 2.00 bits per heavy atom. The number of nitrogens with one attached hydrogen (secondary N) is 1. The maximum Gasteiger partial charge on any atom is 0.416 e. The van der Waals surface area contributed by atoms with E-state index in [1.807, 2.05) is 23.6 Å². The fraction of sp³-hybridized carbons (Fsp3) is 0.364. The first kappa shape index (κ1) is 21.8. The van der Waals surface area contributed by atoms with Crippen molar-refractivity contribution in [1.82, 2.24) is 9.55 Å². The molecule has 0 amide bonds. The minimum atomic E-state index is -4.49. The fourth-order valence-corrected chi connectivity index (χ4v) is 3.79. The van der Waals surface area contributed by atoms with Gasteiger partial charge in [-0.15, -0.1) is 0 Å². The molecular formula is C22H24F3N5O2. The molecule has 1 aliphatic heterocycles. The number of ether oxygens (including phenoxy) is 2. The molecule has 0 bridgehead atoms. The van der Waals surface area contributed by atoms with E-state index in [0.29, 0.717) is 47.0 Å². The van der Waals surface area contributed by atoms with E-state index in [1.54, 1.807) is 14.0 Å². The second-order valence-electron chi connectivity index (χ2n) is 7.48. The average molecular weight is 447 g/mol. The van der Waals surface area contributed by atoms with E-state index < -0.39 is 17.8 Å². The summed E-state index contributed by atoms with van der Waals surface area (Å²) in [6, 6.07) is 6.55. The van der Waals surface area contributed by atoms with Crippen LogP contribution >= 0.6 is 0 Å². The number of methoxy groups -OCH3 is 1. The zero-order chi connectivity index (χ0) is 23.0. The molecule has 7 nitrogen and oxygen atoms in total. The van der Waals surface area contributed by atoms with Gasteiger partial charge in [-0.05, 0) is 43.7 Å². The molecule has 2 heterocycles. The van der Waals surface area contributed by atoms with Gasteiger partial charge in [-0.25, -0.2) is 0 Å². The summed E-state index contributed by atoms with van der Waals surface area (Å²) in [7, 11) is 1.57. The third-order valence-electron chi connectivity index (χ3n) is 5.30. The van der Waals surface area contributed by atoms with Gasteiger partial charge in [-0.3, -0.25) is 4.99 Å². The van der Waals surface area contributed by atoms with E-state index in [-0.39, 0.29) is 5.69 Å². The number of rotatable bonds is 5. The Labute approximate surface area is 182 Å². The number of alkyl halides is 3. The second kappa shape index (κ2) is 8.25. The number of nitrogens with two attached hydrogens (primary N) is 1. The van der Waals surface area contributed by atoms with Crippen LogP contribution in [0.5, 0.6) is 11.5 Å². The zero-order valence-corrected chi connectivity index (χ0v) is 18.0. The van der Waals surface area contributed by atoms with Crippen molar-refractivity contribution in [2.75, 3.05) is 31.3 Å². The molecule has 1 aromatic heterocycles. The summed E-state index contributed by atoms with van der Waals surface area (Å²) in [5, 5.41) is 3.93. The lowest BCUT2D eigenvalue weighted by Gasteiger charge is -2.15. The van der Waals surface area contributed by atoms with Gasteiger partial charge in [0.05, 0.1) is 30.8 Å². The molecule has 170 valence electrons. The number of nitrogen functional groups attached to an aromatic ring is 1. The predicted octanol–water partition coefficient (Wildman–Crippen LogP) is 4.13. The molecule has 0 unspecified atom stereocenters. The topological polar surface area (TPSA) is 86.7 Å². The van der Waals surface area contributed by atoms with Crippen LogP contribution in [0.1, 0.15) is 31.0 Å². The van der Waals surface area contributed by atoms with Gasteiger partial charge in [0, 0.05) is 30.2 Å². The Kier molecular flexibility index (Phi) is 5.62. The van der Waals surface area contributed by atoms with Crippen LogP contribution in [0, 0.1) is 0 Å². The molecule has 1 atom stereocenters. The minimum absolute atomic E-state index is 0.0317. The summed E-state index contributed by atoms with van der Waals surface area (Å²) in [5.74, 6) is 1.76. The van der Waals surface area contributed by atoms with Gasteiger partial charge in [0.1, 0.15) is 0 Å². The Morgan fingerprint density at radius 1 is 1.22 bits per heavy atom. The van der Waals surface area contributed by atoms with Crippen molar-refractivity contribution in [3.63, 3.8) is 0 Å². The molecular weight excluding hydrogens is 423 g/mol. The van der Waals surface area contributed by atoms with Crippen LogP contribution in [0.2, 0.25) is 0 Å². The normalized spacial score (nSPS) is 14.9. The van der Waals surface area contributed by atoms with Crippen LogP contribution < -0.4 is 26.0 Å². The van der Waals surface area contributed by atoms with Gasteiger partial charge < -0.3 is 25.1 Å². The molecule has 0 saturated heterocycles. The average Bonchev–Trinajstić information content (AvgIpc) is 3.21. The molecule has 0 aliphatic carbocycles. The molecule has 10 heteroatoms. The van der Waals surface area contributed by atoms with E-state index in [0.717, 1.165) is 24.2 Å². The first-order chi connectivity index (χ1) is 15.2. The minimum Gasteiger partial charge on any atom is -0.493 e. The van der Waals surface area contributed by atoms with Gasteiger partial charge in [-0.1, -0.05) is 0 Å². The quantitative estimate of drug-likeness (QED) is 0.575.